The summed E-state index contributed by atoms with van der Waals surface area (Å²) >= 11 is 1.44. The average Bonchev–Trinajstić information content (AvgIpc) is 3.85. The zero-order valence-corrected chi connectivity index (χ0v) is 34.6. The lowest BCUT2D eigenvalue weighted by Crippen LogP contribution is -2.47. The van der Waals surface area contributed by atoms with Crippen LogP contribution in [-0.2, 0) is 52.8 Å². The normalized spacial score (nSPS) is 13.3. The largest absolute Gasteiger partial charge is 0.463 e. The number of amides is 2. The van der Waals surface area contributed by atoms with E-state index in [0.29, 0.717) is 37.9 Å². The van der Waals surface area contributed by atoms with Crippen molar-refractivity contribution in [1.82, 2.24) is 25.9 Å². The number of thioether (sulfide) groups is 1. The summed E-state index contributed by atoms with van der Waals surface area (Å²) in [6.07, 6.45) is 7.04. The highest BCUT2D eigenvalue weighted by atomic mass is 32.2. The number of Topliss-reactive ketones (excluding diaryl/α,β-unsaturated/α-hetero) is 3. The third-order valence-electron chi connectivity index (χ3n) is 10.6. The van der Waals surface area contributed by atoms with Crippen LogP contribution in [-0.4, -0.2) is 89.9 Å². The maximum atomic E-state index is 14.7. The predicted octanol–water partition coefficient (Wildman–Crippen LogP) is 5.68. The Bertz CT molecular complexity index is 2170. The number of nitrogens with one attached hydrogen (secondary N) is 5. The molecule has 0 aliphatic carbocycles. The summed E-state index contributed by atoms with van der Waals surface area (Å²) in [5.41, 5.74) is 4.38. The molecule has 5 aromatic rings. The summed E-state index contributed by atoms with van der Waals surface area (Å²) in [7, 11) is 1.84. The van der Waals surface area contributed by atoms with Gasteiger partial charge in [0.1, 0.15) is 11.9 Å². The second kappa shape index (κ2) is 23.2. The Kier molecular flexibility index (Phi) is 17.5. The van der Waals surface area contributed by atoms with E-state index in [0.717, 1.165) is 45.0 Å². The highest BCUT2D eigenvalue weighted by Gasteiger charge is 2.32. The molecule has 0 bridgehead atoms. The minimum Gasteiger partial charge on any atom is -0.463 e. The molecule has 59 heavy (non-hydrogen) atoms. The van der Waals surface area contributed by atoms with Crippen LogP contribution in [0, 0.1) is 11.8 Å². The van der Waals surface area contributed by atoms with Gasteiger partial charge in [-0.15, -0.1) is 0 Å². The number of H-pyrrole nitrogens is 2. The maximum absolute atomic E-state index is 14.7. The molecule has 2 heterocycles. The molecule has 0 spiro atoms. The summed E-state index contributed by atoms with van der Waals surface area (Å²) in [6, 6.07) is 24.0. The van der Waals surface area contributed by atoms with Crippen molar-refractivity contribution >= 4 is 69.2 Å². The van der Waals surface area contributed by atoms with Gasteiger partial charge in [0.15, 0.2) is 11.6 Å². The smallest absolute Gasteiger partial charge is 0.293 e. The molecule has 2 amide bonds. The minimum atomic E-state index is -1.00. The Labute approximate surface area is 349 Å². The molecule has 3 aromatic carbocycles. The van der Waals surface area contributed by atoms with Gasteiger partial charge in [-0.2, -0.15) is 11.8 Å². The summed E-state index contributed by atoms with van der Waals surface area (Å²) in [5, 5.41) is 10.7. The Balaban J connectivity index is 1.40. The van der Waals surface area contributed by atoms with Crippen molar-refractivity contribution < 1.29 is 33.5 Å². The lowest BCUT2D eigenvalue weighted by Gasteiger charge is -2.24. The Hall–Kier alpha value is -5.53. The van der Waals surface area contributed by atoms with Gasteiger partial charge in [-0.25, -0.2) is 0 Å². The van der Waals surface area contributed by atoms with E-state index in [9.17, 15) is 28.8 Å². The van der Waals surface area contributed by atoms with Gasteiger partial charge in [0, 0.05) is 83.9 Å². The van der Waals surface area contributed by atoms with Gasteiger partial charge in [0.25, 0.3) is 6.47 Å². The van der Waals surface area contributed by atoms with Gasteiger partial charge in [-0.05, 0) is 74.4 Å². The second-order valence-electron chi connectivity index (χ2n) is 15.0. The number of ether oxygens (including phenoxy) is 1. The van der Waals surface area contributed by atoms with Crippen molar-refractivity contribution in [2.75, 3.05) is 32.1 Å². The number of carbonyl (C=O) groups is 6. The molecule has 4 unspecified atom stereocenters. The monoisotopic (exact) mass is 821 g/mol. The molecular formula is C46H55N5O7S. The zero-order chi connectivity index (χ0) is 42.0. The third-order valence-corrected chi connectivity index (χ3v) is 11.3. The SMILES string of the molecule is CNCCCC(=O)CCC(Cc1ccccc1)C(=O)NC(Cc1c[nH]c2ccccc12)C(=O)CC(Cc1c[nH]c2ccccc12)C(=O)NCC(=O)CC(CSC)OC=O. The number of rotatable bonds is 27. The molecular weight excluding hydrogens is 767 g/mol. The van der Waals surface area contributed by atoms with Crippen LogP contribution in [0.2, 0.25) is 0 Å². The first-order chi connectivity index (χ1) is 28.7. The number of para-hydroxylation sites is 2. The average molecular weight is 822 g/mol. The van der Waals surface area contributed by atoms with E-state index < -0.39 is 29.9 Å². The number of fused-ring (bicyclic) bond motifs is 2. The van der Waals surface area contributed by atoms with Crippen molar-refractivity contribution in [2.45, 2.75) is 69.9 Å². The number of hydrogen-bond acceptors (Lipinski definition) is 9. The topological polar surface area (TPSA) is 179 Å². The summed E-state index contributed by atoms with van der Waals surface area (Å²) < 4.78 is 5.06. The summed E-state index contributed by atoms with van der Waals surface area (Å²) in [4.78, 5) is 86.4. The van der Waals surface area contributed by atoms with Crippen LogP contribution in [0.1, 0.15) is 55.2 Å². The molecule has 0 aliphatic rings. The van der Waals surface area contributed by atoms with Gasteiger partial charge < -0.3 is 30.7 Å². The first kappa shape index (κ1) is 44.6. The molecule has 12 nitrogen and oxygen atoms in total. The summed E-state index contributed by atoms with van der Waals surface area (Å²) in [5.74, 6) is -2.43. The third kappa shape index (κ3) is 13.5. The minimum absolute atomic E-state index is 0.0592. The van der Waals surface area contributed by atoms with Crippen LogP contribution in [0.5, 0.6) is 0 Å². The molecule has 4 atom stereocenters. The van der Waals surface area contributed by atoms with Crippen molar-refractivity contribution in [3.63, 3.8) is 0 Å². The van der Waals surface area contributed by atoms with Crippen molar-refractivity contribution in [1.29, 1.82) is 0 Å². The fourth-order valence-electron chi connectivity index (χ4n) is 7.48. The van der Waals surface area contributed by atoms with E-state index in [2.05, 4.69) is 25.9 Å². The molecule has 0 fully saturated rings. The van der Waals surface area contributed by atoms with E-state index in [1.54, 1.807) is 0 Å². The van der Waals surface area contributed by atoms with E-state index in [-0.39, 0.29) is 61.9 Å². The zero-order valence-electron chi connectivity index (χ0n) is 33.8. The Morgan fingerprint density at radius 3 is 2.03 bits per heavy atom. The van der Waals surface area contributed by atoms with E-state index >= 15 is 0 Å². The van der Waals surface area contributed by atoms with Gasteiger partial charge in [-0.1, -0.05) is 66.7 Å². The van der Waals surface area contributed by atoms with E-state index in [1.807, 2.05) is 105 Å². The van der Waals surface area contributed by atoms with Crippen LogP contribution < -0.4 is 16.0 Å². The second-order valence-corrected chi connectivity index (χ2v) is 15.9. The molecule has 0 aliphatic heterocycles. The molecule has 5 N–H and O–H groups in total. The van der Waals surface area contributed by atoms with Crippen molar-refractivity contribution in [3.05, 3.63) is 108 Å². The van der Waals surface area contributed by atoms with E-state index in [4.69, 9.17) is 4.74 Å². The molecule has 2 aromatic heterocycles. The van der Waals surface area contributed by atoms with Gasteiger partial charge >= 0.3 is 0 Å². The lowest BCUT2D eigenvalue weighted by molar-refractivity contribution is -0.136. The fourth-order valence-corrected chi connectivity index (χ4v) is 8.05. The molecule has 0 radical (unpaired) electrons. The molecule has 0 saturated heterocycles. The number of aromatic nitrogens is 2. The number of benzene rings is 3. The summed E-state index contributed by atoms with van der Waals surface area (Å²) in [6.45, 7) is 0.744. The van der Waals surface area contributed by atoms with E-state index in [1.165, 1.54) is 11.8 Å². The van der Waals surface area contributed by atoms with Crippen LogP contribution in [0.4, 0.5) is 0 Å². The molecule has 0 saturated carbocycles. The quantitative estimate of drug-likeness (QED) is 0.0329. The fraction of sp³-hybridized carbons (Fsp3) is 0.391. The Morgan fingerprint density at radius 1 is 0.746 bits per heavy atom. The number of hydrogen-bond donors (Lipinski definition) is 5. The van der Waals surface area contributed by atoms with Crippen LogP contribution in [0.25, 0.3) is 21.8 Å². The lowest BCUT2D eigenvalue weighted by atomic mass is 9.88. The number of aromatic amines is 2. The number of carbonyl (C=O) groups excluding carboxylic acids is 6. The Morgan fingerprint density at radius 2 is 1.39 bits per heavy atom. The van der Waals surface area contributed by atoms with Gasteiger partial charge in [0.05, 0.1) is 12.6 Å². The molecule has 5 rings (SSSR count). The van der Waals surface area contributed by atoms with Crippen LogP contribution in [0.3, 0.4) is 0 Å². The molecule has 312 valence electrons. The predicted molar refractivity (Wildman–Crippen MR) is 232 cm³/mol. The van der Waals surface area contributed by atoms with Crippen molar-refractivity contribution in [3.8, 4) is 0 Å². The molecule has 13 heteroatoms. The number of ketones is 3. The first-order valence-corrected chi connectivity index (χ1v) is 21.6. The highest BCUT2D eigenvalue weighted by Crippen LogP contribution is 2.25. The van der Waals surface area contributed by atoms with Crippen LogP contribution in [0.15, 0.2) is 91.3 Å². The van der Waals surface area contributed by atoms with Crippen molar-refractivity contribution in [2.24, 2.45) is 11.8 Å². The maximum Gasteiger partial charge on any atom is 0.293 e. The highest BCUT2D eigenvalue weighted by molar-refractivity contribution is 7.98. The van der Waals surface area contributed by atoms with Gasteiger partial charge in [-0.3, -0.25) is 28.8 Å². The van der Waals surface area contributed by atoms with Crippen LogP contribution >= 0.6 is 11.8 Å². The first-order valence-electron chi connectivity index (χ1n) is 20.2. The van der Waals surface area contributed by atoms with Gasteiger partial charge in [0.2, 0.25) is 11.8 Å². The standard InChI is InChI=1S/C46H55N5O7S/c1-47-20-10-13-36(53)19-18-32(21-31-11-4-3-5-12-31)46(57)51-43(23-35-27-49-42-17-9-7-15-40(35)42)44(55)24-33(22-34-26-48-41-16-8-6-14-39(34)41)45(56)50-28-37(54)25-38(29-59-2)58-30-52/h3-9,11-12,14-17,26-27,30,32-33,38,43,47-49H,10,13,18-25,28-29H2,1-2H3,(H,50,56)(H,51,57).